The monoisotopic (exact) mass is 238 g/mol. The predicted molar refractivity (Wildman–Crippen MR) is 63.4 cm³/mol. The Morgan fingerprint density at radius 3 is 3.00 bits per heavy atom. The molecule has 0 bridgehead atoms. The van der Waals surface area contributed by atoms with Gasteiger partial charge in [-0.3, -0.25) is 0 Å². The Morgan fingerprint density at radius 1 is 1.38 bits per heavy atom. The first-order valence-electron chi connectivity index (χ1n) is 5.18. The van der Waals surface area contributed by atoms with Crippen LogP contribution in [0.2, 0.25) is 0 Å². The van der Waals surface area contributed by atoms with Gasteiger partial charge in [-0.1, -0.05) is 0 Å². The van der Waals surface area contributed by atoms with Crippen molar-refractivity contribution in [2.24, 2.45) is 0 Å². The lowest BCUT2D eigenvalue weighted by Gasteiger charge is -2.02. The molecule has 0 aromatic carbocycles. The molecule has 2 aromatic heterocycles. The second-order valence-corrected chi connectivity index (χ2v) is 4.21. The van der Waals surface area contributed by atoms with E-state index in [9.17, 15) is 0 Å². The highest BCUT2D eigenvalue weighted by Crippen LogP contribution is 2.21. The molecule has 0 saturated heterocycles. The summed E-state index contributed by atoms with van der Waals surface area (Å²) in [6.45, 7) is 1.01. The first kappa shape index (κ1) is 11.3. The highest BCUT2D eigenvalue weighted by Gasteiger charge is 2.08. The molecule has 0 radical (unpaired) electrons. The van der Waals surface area contributed by atoms with Crippen LogP contribution in [-0.2, 0) is 6.54 Å². The van der Waals surface area contributed by atoms with Gasteiger partial charge in [0.1, 0.15) is 11.4 Å². The Bertz CT molecular complexity index is 471. The van der Waals surface area contributed by atoms with Crippen molar-refractivity contribution < 1.29 is 5.11 Å². The van der Waals surface area contributed by atoms with E-state index in [0.717, 1.165) is 35.4 Å². The molecule has 0 spiro atoms. The van der Waals surface area contributed by atoms with Crippen molar-refractivity contribution in [2.75, 3.05) is 12.9 Å². The highest BCUT2D eigenvalue weighted by molar-refractivity contribution is 7.98. The molecule has 0 saturated carbocycles. The number of nitrogens with zero attached hydrogens (tertiary/aromatic N) is 4. The smallest absolute Gasteiger partial charge is 0.162 e. The fraction of sp³-hybridized carbons (Fsp3) is 0.500. The number of rotatable bonds is 5. The largest absolute Gasteiger partial charge is 0.396 e. The first-order valence-corrected chi connectivity index (χ1v) is 6.40. The lowest BCUT2D eigenvalue weighted by molar-refractivity contribution is 0.280. The zero-order valence-corrected chi connectivity index (χ0v) is 9.94. The van der Waals surface area contributed by atoms with Crippen LogP contribution in [0.25, 0.3) is 11.0 Å². The number of hydrogen-bond donors (Lipinski definition) is 1. The molecular formula is C10H14N4OS. The van der Waals surface area contributed by atoms with Crippen LogP contribution in [0.3, 0.4) is 0 Å². The Labute approximate surface area is 97.9 Å². The Kier molecular flexibility index (Phi) is 3.74. The fourth-order valence-corrected chi connectivity index (χ4v) is 2.09. The molecule has 2 aromatic rings. The topological polar surface area (TPSA) is 63.8 Å². The van der Waals surface area contributed by atoms with E-state index >= 15 is 0 Å². The van der Waals surface area contributed by atoms with Gasteiger partial charge in [0.2, 0.25) is 0 Å². The van der Waals surface area contributed by atoms with Gasteiger partial charge in [0, 0.05) is 13.2 Å². The summed E-state index contributed by atoms with van der Waals surface area (Å²) in [4.78, 5) is 8.44. The lowest BCUT2D eigenvalue weighted by Crippen LogP contribution is -2.02. The standard InChI is InChI=1S/C10H14N4OS/c1-16-10-8-6-13-14(4-2-3-5-15)9(8)11-7-12-10/h6-7,15H,2-5H2,1H3. The average Bonchev–Trinajstić information content (AvgIpc) is 2.73. The number of aryl methyl sites for hydroxylation is 1. The molecule has 0 aliphatic heterocycles. The van der Waals surface area contributed by atoms with E-state index < -0.39 is 0 Å². The molecule has 2 heterocycles. The summed E-state index contributed by atoms with van der Waals surface area (Å²) >= 11 is 1.60. The van der Waals surface area contributed by atoms with Gasteiger partial charge in [0.15, 0.2) is 5.65 Å². The van der Waals surface area contributed by atoms with Crippen LogP contribution in [-0.4, -0.2) is 37.7 Å². The van der Waals surface area contributed by atoms with Crippen LogP contribution in [0.4, 0.5) is 0 Å². The molecule has 5 nitrogen and oxygen atoms in total. The molecular weight excluding hydrogens is 224 g/mol. The molecule has 0 aliphatic carbocycles. The number of aliphatic hydroxyl groups excluding tert-OH is 1. The number of hydrogen-bond acceptors (Lipinski definition) is 5. The van der Waals surface area contributed by atoms with Crippen molar-refractivity contribution in [3.63, 3.8) is 0 Å². The molecule has 0 fully saturated rings. The second-order valence-electron chi connectivity index (χ2n) is 3.42. The van der Waals surface area contributed by atoms with E-state index in [-0.39, 0.29) is 6.61 Å². The number of fused-ring (bicyclic) bond motifs is 1. The lowest BCUT2D eigenvalue weighted by atomic mass is 10.3. The number of aromatic nitrogens is 4. The Morgan fingerprint density at radius 2 is 2.25 bits per heavy atom. The molecule has 1 N–H and O–H groups in total. The maximum absolute atomic E-state index is 8.73. The van der Waals surface area contributed by atoms with Gasteiger partial charge >= 0.3 is 0 Å². The van der Waals surface area contributed by atoms with E-state index in [2.05, 4.69) is 15.1 Å². The average molecular weight is 238 g/mol. The third-order valence-corrected chi connectivity index (χ3v) is 3.08. The summed E-state index contributed by atoms with van der Waals surface area (Å²) in [5.74, 6) is 0. The van der Waals surface area contributed by atoms with Gasteiger partial charge in [-0.15, -0.1) is 11.8 Å². The van der Waals surface area contributed by atoms with Crippen molar-refractivity contribution >= 4 is 22.8 Å². The van der Waals surface area contributed by atoms with Crippen molar-refractivity contribution in [1.82, 2.24) is 19.7 Å². The maximum atomic E-state index is 8.73. The van der Waals surface area contributed by atoms with Gasteiger partial charge in [-0.2, -0.15) is 5.10 Å². The van der Waals surface area contributed by atoms with Crippen LogP contribution in [0.15, 0.2) is 17.6 Å². The number of aliphatic hydroxyl groups is 1. The summed E-state index contributed by atoms with van der Waals surface area (Å²) in [5, 5.41) is 15.0. The molecule has 16 heavy (non-hydrogen) atoms. The van der Waals surface area contributed by atoms with Crippen LogP contribution < -0.4 is 0 Å². The molecule has 86 valence electrons. The molecule has 6 heteroatoms. The summed E-state index contributed by atoms with van der Waals surface area (Å²) in [5.41, 5.74) is 0.872. The summed E-state index contributed by atoms with van der Waals surface area (Å²) in [6.07, 6.45) is 7.07. The van der Waals surface area contributed by atoms with E-state index in [1.807, 2.05) is 10.9 Å². The molecule has 0 amide bonds. The summed E-state index contributed by atoms with van der Waals surface area (Å²) in [6, 6.07) is 0. The highest BCUT2D eigenvalue weighted by atomic mass is 32.2. The van der Waals surface area contributed by atoms with Crippen LogP contribution >= 0.6 is 11.8 Å². The van der Waals surface area contributed by atoms with Crippen molar-refractivity contribution in [2.45, 2.75) is 24.4 Å². The van der Waals surface area contributed by atoms with E-state index in [0.29, 0.717) is 0 Å². The van der Waals surface area contributed by atoms with Gasteiger partial charge in [0.25, 0.3) is 0 Å². The first-order chi connectivity index (χ1) is 7.86. The van der Waals surface area contributed by atoms with E-state index in [1.165, 1.54) is 0 Å². The van der Waals surface area contributed by atoms with Gasteiger partial charge in [0.05, 0.1) is 11.6 Å². The summed E-state index contributed by atoms with van der Waals surface area (Å²) in [7, 11) is 0. The third-order valence-electron chi connectivity index (χ3n) is 2.37. The third kappa shape index (κ3) is 2.17. The Balaban J connectivity index is 2.27. The van der Waals surface area contributed by atoms with Crippen molar-refractivity contribution in [1.29, 1.82) is 0 Å². The zero-order valence-electron chi connectivity index (χ0n) is 9.13. The van der Waals surface area contributed by atoms with Gasteiger partial charge < -0.3 is 5.11 Å². The zero-order chi connectivity index (χ0) is 11.4. The number of thioether (sulfide) groups is 1. The van der Waals surface area contributed by atoms with Crippen molar-refractivity contribution in [3.05, 3.63) is 12.5 Å². The van der Waals surface area contributed by atoms with Gasteiger partial charge in [-0.25, -0.2) is 14.6 Å². The second kappa shape index (κ2) is 5.27. The minimum absolute atomic E-state index is 0.226. The minimum Gasteiger partial charge on any atom is -0.396 e. The normalized spacial score (nSPS) is 11.1. The fourth-order valence-electron chi connectivity index (χ4n) is 1.57. The molecule has 0 aliphatic rings. The molecule has 0 atom stereocenters. The summed E-state index contributed by atoms with van der Waals surface area (Å²) < 4.78 is 1.87. The molecule has 2 rings (SSSR count). The maximum Gasteiger partial charge on any atom is 0.162 e. The minimum atomic E-state index is 0.226. The van der Waals surface area contributed by atoms with Gasteiger partial charge in [-0.05, 0) is 19.1 Å². The Hall–Kier alpha value is -1.14. The SMILES string of the molecule is CSc1ncnc2c1cnn2CCCCO. The van der Waals surface area contributed by atoms with E-state index in [4.69, 9.17) is 5.11 Å². The van der Waals surface area contributed by atoms with Crippen molar-refractivity contribution in [3.8, 4) is 0 Å². The quantitative estimate of drug-likeness (QED) is 0.483. The van der Waals surface area contributed by atoms with E-state index in [1.54, 1.807) is 24.3 Å². The van der Waals surface area contributed by atoms with Crippen LogP contribution in [0.5, 0.6) is 0 Å². The van der Waals surface area contributed by atoms with Crippen LogP contribution in [0.1, 0.15) is 12.8 Å². The van der Waals surface area contributed by atoms with Crippen LogP contribution in [0, 0.1) is 0 Å². The number of unbranched alkanes of at least 4 members (excludes halogenated alkanes) is 1. The predicted octanol–water partition coefficient (Wildman–Crippen LogP) is 1.32. The molecule has 0 unspecified atom stereocenters.